The first-order chi connectivity index (χ1) is 23.3. The van der Waals surface area contributed by atoms with Crippen molar-refractivity contribution in [1.29, 1.82) is 0 Å². The van der Waals surface area contributed by atoms with E-state index in [1.165, 1.54) is 7.11 Å². The Morgan fingerprint density at radius 2 is 1.82 bits per heavy atom. The number of amides is 2. The van der Waals surface area contributed by atoms with E-state index in [1.807, 2.05) is 24.8 Å². The molecule has 256 valence electrons. The lowest BCUT2D eigenvalue weighted by atomic mass is 9.77. The predicted octanol–water partition coefficient (Wildman–Crippen LogP) is 6.40. The van der Waals surface area contributed by atoms with Crippen LogP contribution in [0.2, 0.25) is 0 Å². The second-order valence-corrected chi connectivity index (χ2v) is 15.6. The molecule has 4 aromatic rings. The largest absolute Gasteiger partial charge is 0.494 e. The molecule has 1 unspecified atom stereocenters. The maximum Gasteiger partial charge on any atom is 0.494 e. The predicted molar refractivity (Wildman–Crippen MR) is 189 cm³/mol. The number of imidazole rings is 1. The Kier molecular flexibility index (Phi) is 7.53. The molecule has 1 aliphatic carbocycles. The summed E-state index contributed by atoms with van der Waals surface area (Å²) in [5.41, 5.74) is 5.24. The molecule has 11 heteroatoms. The summed E-state index contributed by atoms with van der Waals surface area (Å²) in [6, 6.07) is 14.1. The van der Waals surface area contributed by atoms with Crippen molar-refractivity contribution in [2.24, 2.45) is 11.8 Å². The number of rotatable bonds is 5. The first kappa shape index (κ1) is 32.1. The van der Waals surface area contributed by atoms with E-state index in [1.54, 1.807) is 0 Å². The van der Waals surface area contributed by atoms with E-state index < -0.39 is 30.5 Å². The quantitative estimate of drug-likeness (QED) is 0.238. The van der Waals surface area contributed by atoms with E-state index in [9.17, 15) is 9.59 Å². The number of nitrogens with one attached hydrogen (secondary N) is 2. The molecular weight excluding hydrogens is 619 g/mol. The molecule has 1 aromatic heterocycles. The van der Waals surface area contributed by atoms with Crippen molar-refractivity contribution in [3.05, 3.63) is 53.9 Å². The molecule has 0 bridgehead atoms. The molecule has 2 N–H and O–H groups in total. The van der Waals surface area contributed by atoms with Gasteiger partial charge in [-0.15, -0.1) is 0 Å². The van der Waals surface area contributed by atoms with Gasteiger partial charge < -0.3 is 34.0 Å². The third kappa shape index (κ3) is 5.19. The van der Waals surface area contributed by atoms with Crippen molar-refractivity contribution in [1.82, 2.24) is 20.2 Å². The van der Waals surface area contributed by atoms with Gasteiger partial charge in [0, 0.05) is 17.0 Å². The fraction of sp³-hybridized carbons (Fsp3) is 0.500. The molecule has 3 fully saturated rings. The van der Waals surface area contributed by atoms with Gasteiger partial charge in [0.15, 0.2) is 0 Å². The third-order valence-corrected chi connectivity index (χ3v) is 11.7. The van der Waals surface area contributed by atoms with Gasteiger partial charge in [-0.3, -0.25) is 4.79 Å². The lowest BCUT2D eigenvalue weighted by Gasteiger charge is -2.33. The highest BCUT2D eigenvalue weighted by molar-refractivity contribution is 6.62. The summed E-state index contributed by atoms with van der Waals surface area (Å²) in [7, 11) is 0.892. The van der Waals surface area contributed by atoms with Crippen LogP contribution in [0.5, 0.6) is 5.75 Å². The molecule has 2 saturated heterocycles. The van der Waals surface area contributed by atoms with Crippen LogP contribution in [0.15, 0.2) is 42.5 Å². The molecular formula is C38H45BN4O6. The van der Waals surface area contributed by atoms with Crippen LogP contribution in [0.4, 0.5) is 4.79 Å². The number of methoxy groups -OCH3 is 1. The van der Waals surface area contributed by atoms with Crippen molar-refractivity contribution < 1.29 is 28.4 Å². The van der Waals surface area contributed by atoms with Gasteiger partial charge in [0.25, 0.3) is 0 Å². The van der Waals surface area contributed by atoms with Gasteiger partial charge in [0.1, 0.15) is 24.2 Å². The molecule has 4 aliphatic rings. The van der Waals surface area contributed by atoms with Crippen LogP contribution in [0.25, 0.3) is 32.9 Å². The van der Waals surface area contributed by atoms with E-state index in [2.05, 4.69) is 74.4 Å². The second-order valence-electron chi connectivity index (χ2n) is 15.6. The lowest BCUT2D eigenvalue weighted by molar-refractivity contribution is -0.137. The van der Waals surface area contributed by atoms with E-state index in [-0.39, 0.29) is 23.9 Å². The average Bonchev–Trinajstić information content (AvgIpc) is 3.83. The number of benzene rings is 3. The summed E-state index contributed by atoms with van der Waals surface area (Å²) in [6.45, 7) is 12.6. The van der Waals surface area contributed by atoms with Crippen LogP contribution in [-0.4, -0.2) is 64.4 Å². The van der Waals surface area contributed by atoms with Crippen LogP contribution >= 0.6 is 0 Å². The summed E-state index contributed by atoms with van der Waals surface area (Å²) in [5.74, 6) is 1.85. The van der Waals surface area contributed by atoms with Gasteiger partial charge in [-0.05, 0) is 99.0 Å². The molecule has 49 heavy (non-hydrogen) atoms. The zero-order valence-electron chi connectivity index (χ0n) is 29.4. The topological polar surface area (TPSA) is 115 Å². The summed E-state index contributed by atoms with van der Waals surface area (Å²) >= 11 is 0. The smallest absolute Gasteiger partial charge is 0.488 e. The van der Waals surface area contributed by atoms with Crippen molar-refractivity contribution in [2.45, 2.75) is 103 Å². The Morgan fingerprint density at radius 1 is 1.04 bits per heavy atom. The summed E-state index contributed by atoms with van der Waals surface area (Å²) in [6.07, 6.45) is 3.40. The molecule has 3 aromatic carbocycles. The number of hydrogen-bond acceptors (Lipinski definition) is 7. The highest BCUT2D eigenvalue weighted by Gasteiger charge is 2.52. The number of alkyl carbamates (subject to hydrolysis) is 1. The van der Waals surface area contributed by atoms with Gasteiger partial charge in [-0.2, -0.15) is 0 Å². The standard InChI is InChI=1S/C38H45BN4O6/c1-20(2)32(42-36(45)46-7)35(44)43-29-10-8-9-22(29)17-30(43)34-40-28-14-11-21-16-27-25-13-12-24(39-48-37(3,4)38(5,6)49-39)15-23(25)19-47-31(27)18-26(21)33(28)41-34/h11-16,18,20,22,29-30,32H,8-10,17,19H2,1-7H3,(H,40,41)(H,42,45)/t22-,29-,30-,32?/m0/s1. The monoisotopic (exact) mass is 664 g/mol. The molecule has 1 saturated carbocycles. The van der Waals surface area contributed by atoms with Crippen molar-refractivity contribution in [3.63, 3.8) is 0 Å². The average molecular weight is 665 g/mol. The first-order valence-corrected chi connectivity index (χ1v) is 17.6. The third-order valence-electron chi connectivity index (χ3n) is 11.7. The Labute approximate surface area is 287 Å². The zero-order valence-corrected chi connectivity index (χ0v) is 29.4. The first-order valence-electron chi connectivity index (χ1n) is 17.6. The number of aromatic nitrogens is 2. The normalized spacial score (nSPS) is 24.1. The Hall–Kier alpha value is -4.09. The van der Waals surface area contributed by atoms with Gasteiger partial charge in [-0.25, -0.2) is 9.78 Å². The molecule has 2 amide bonds. The number of carbonyl (C=O) groups is 2. The van der Waals surface area contributed by atoms with Gasteiger partial charge in [0.2, 0.25) is 5.91 Å². The highest BCUT2D eigenvalue weighted by atomic mass is 16.7. The van der Waals surface area contributed by atoms with E-state index >= 15 is 0 Å². The number of H-pyrrole nitrogens is 1. The number of likely N-dealkylation sites (tertiary alicyclic amines) is 1. The Bertz CT molecular complexity index is 1970. The van der Waals surface area contributed by atoms with E-state index in [0.717, 1.165) is 81.2 Å². The van der Waals surface area contributed by atoms with E-state index in [0.29, 0.717) is 12.5 Å². The van der Waals surface area contributed by atoms with Crippen LogP contribution < -0.4 is 15.5 Å². The maximum atomic E-state index is 14.2. The number of aromatic amines is 1. The Morgan fingerprint density at radius 3 is 2.55 bits per heavy atom. The minimum absolute atomic E-state index is 0.0760. The fourth-order valence-electron chi connectivity index (χ4n) is 8.33. The Balaban J connectivity index is 1.13. The number of hydrogen-bond donors (Lipinski definition) is 2. The number of fused-ring (bicyclic) bond motifs is 7. The zero-order chi connectivity index (χ0) is 34.4. The number of carbonyl (C=O) groups excluding carboxylic acids is 2. The molecule has 3 aliphatic heterocycles. The molecule has 0 spiro atoms. The molecule has 10 nitrogen and oxygen atoms in total. The van der Waals surface area contributed by atoms with Crippen LogP contribution in [0.1, 0.15) is 84.7 Å². The minimum atomic E-state index is -0.681. The molecule has 4 atom stereocenters. The lowest BCUT2D eigenvalue weighted by Crippen LogP contribution is -2.53. The van der Waals surface area contributed by atoms with Gasteiger partial charge >= 0.3 is 13.2 Å². The summed E-state index contributed by atoms with van der Waals surface area (Å²) < 4.78 is 23.9. The number of ether oxygens (including phenoxy) is 2. The van der Waals surface area contributed by atoms with Crippen LogP contribution in [-0.2, 0) is 25.4 Å². The second kappa shape index (κ2) is 11.5. The fourth-order valence-corrected chi connectivity index (χ4v) is 8.33. The number of nitrogens with zero attached hydrogens (tertiary/aromatic N) is 2. The van der Waals surface area contributed by atoms with Crippen molar-refractivity contribution in [2.75, 3.05) is 7.11 Å². The van der Waals surface area contributed by atoms with Crippen molar-refractivity contribution in [3.8, 4) is 16.9 Å². The highest BCUT2D eigenvalue weighted by Crippen LogP contribution is 2.48. The van der Waals surface area contributed by atoms with Crippen LogP contribution in [0.3, 0.4) is 0 Å². The SMILES string of the molecule is COC(=O)NC(C(=O)N1[C@H](c2nc3ccc4cc5c(cc4c3[nH]2)OCc2cc(B3OC(C)(C)C(C)(C)O3)ccc2-5)C[C@@H]2CCC[C@@H]21)C(C)C. The molecule has 0 radical (unpaired) electrons. The minimum Gasteiger partial charge on any atom is -0.488 e. The summed E-state index contributed by atoms with van der Waals surface area (Å²) in [5, 5.41) is 4.89. The maximum absolute atomic E-state index is 14.2. The molecule has 8 rings (SSSR count). The molecule has 4 heterocycles. The van der Waals surface area contributed by atoms with Crippen molar-refractivity contribution >= 4 is 46.4 Å². The van der Waals surface area contributed by atoms with E-state index in [4.69, 9.17) is 23.8 Å². The van der Waals surface area contributed by atoms with Crippen LogP contribution in [0, 0.1) is 11.8 Å². The summed E-state index contributed by atoms with van der Waals surface area (Å²) in [4.78, 5) is 37.1. The van der Waals surface area contributed by atoms with Gasteiger partial charge in [-0.1, -0.05) is 44.5 Å². The van der Waals surface area contributed by atoms with Gasteiger partial charge in [0.05, 0.1) is 35.4 Å².